The first-order valence-corrected chi connectivity index (χ1v) is 11.9. The Kier molecular flexibility index (Phi) is 6.55. The summed E-state index contributed by atoms with van der Waals surface area (Å²) in [5.74, 6) is 3.87. The highest BCUT2D eigenvalue weighted by Crippen LogP contribution is 2.48. The molecule has 2 aliphatic carbocycles. The Morgan fingerprint density at radius 2 is 1.36 bits per heavy atom. The van der Waals surface area contributed by atoms with Crippen LogP contribution in [-0.2, 0) is 0 Å². The Hall–Kier alpha value is -1.56. The molecule has 2 aliphatic rings. The maximum absolute atomic E-state index is 2.41. The molecule has 2 fully saturated rings. The van der Waals surface area contributed by atoms with E-state index in [4.69, 9.17) is 0 Å². The summed E-state index contributed by atoms with van der Waals surface area (Å²) in [7, 11) is 0. The first kappa shape index (κ1) is 19.7. The second-order valence-electron chi connectivity index (χ2n) is 9.69. The summed E-state index contributed by atoms with van der Waals surface area (Å²) >= 11 is 0. The molecule has 0 N–H and O–H groups in total. The number of hydrogen-bond donors (Lipinski definition) is 0. The molecule has 0 aromatic heterocycles. The zero-order valence-corrected chi connectivity index (χ0v) is 18.0. The van der Waals surface area contributed by atoms with Crippen LogP contribution in [0.2, 0.25) is 0 Å². The molecule has 2 saturated carbocycles. The molecule has 0 aliphatic heterocycles. The molecule has 0 spiro atoms. The third-order valence-corrected chi connectivity index (χ3v) is 7.70. The summed E-state index contributed by atoms with van der Waals surface area (Å²) < 4.78 is 0. The Morgan fingerprint density at radius 1 is 0.714 bits per heavy atom. The van der Waals surface area contributed by atoms with Crippen molar-refractivity contribution >= 4 is 0 Å². The van der Waals surface area contributed by atoms with Crippen molar-refractivity contribution in [2.45, 2.75) is 84.0 Å². The number of aryl methyl sites for hydroxylation is 1. The maximum Gasteiger partial charge on any atom is -0.0159 e. The molecule has 2 aromatic rings. The highest BCUT2D eigenvalue weighted by atomic mass is 14.4. The summed E-state index contributed by atoms with van der Waals surface area (Å²) in [5, 5.41) is 0. The Morgan fingerprint density at radius 3 is 2.07 bits per heavy atom. The molecule has 0 amide bonds. The number of hydrogen-bond acceptors (Lipinski definition) is 0. The minimum absolute atomic E-state index is 0.796. The molecule has 2 aromatic carbocycles. The van der Waals surface area contributed by atoms with E-state index < -0.39 is 0 Å². The van der Waals surface area contributed by atoms with E-state index in [1.54, 1.807) is 5.56 Å². The Bertz CT molecular complexity index is 724. The van der Waals surface area contributed by atoms with E-state index in [0.717, 1.165) is 23.7 Å². The summed E-state index contributed by atoms with van der Waals surface area (Å²) in [4.78, 5) is 0. The van der Waals surface area contributed by atoms with E-state index in [1.165, 1.54) is 80.9 Å². The van der Waals surface area contributed by atoms with Crippen molar-refractivity contribution in [2.75, 3.05) is 0 Å². The van der Waals surface area contributed by atoms with Crippen LogP contribution in [0, 0.1) is 24.7 Å². The van der Waals surface area contributed by atoms with Crippen LogP contribution in [0.3, 0.4) is 0 Å². The van der Waals surface area contributed by atoms with Gasteiger partial charge in [0.1, 0.15) is 0 Å². The minimum atomic E-state index is 0.796. The van der Waals surface area contributed by atoms with Crippen molar-refractivity contribution in [3.63, 3.8) is 0 Å². The van der Waals surface area contributed by atoms with Crippen molar-refractivity contribution in [3.8, 4) is 11.1 Å². The fourth-order valence-electron chi connectivity index (χ4n) is 5.93. The molecule has 0 nitrogen and oxygen atoms in total. The van der Waals surface area contributed by atoms with Gasteiger partial charge in [-0.2, -0.15) is 0 Å². The molecular weight excluding hydrogens is 336 g/mol. The van der Waals surface area contributed by atoms with Crippen LogP contribution in [0.1, 0.15) is 88.2 Å². The highest BCUT2D eigenvalue weighted by Gasteiger charge is 2.35. The van der Waals surface area contributed by atoms with E-state index in [-0.39, 0.29) is 0 Å². The van der Waals surface area contributed by atoms with Crippen LogP contribution >= 0.6 is 0 Å². The number of benzene rings is 2. The van der Waals surface area contributed by atoms with Gasteiger partial charge in [0.25, 0.3) is 0 Å². The van der Waals surface area contributed by atoms with Crippen LogP contribution in [0.15, 0.2) is 48.5 Å². The lowest BCUT2D eigenvalue weighted by Crippen LogP contribution is -2.30. The van der Waals surface area contributed by atoms with E-state index in [2.05, 4.69) is 62.4 Å². The predicted molar refractivity (Wildman–Crippen MR) is 122 cm³/mol. The van der Waals surface area contributed by atoms with Gasteiger partial charge in [0.2, 0.25) is 0 Å². The number of rotatable bonds is 6. The summed E-state index contributed by atoms with van der Waals surface area (Å²) in [6.07, 6.45) is 14.6. The average Bonchev–Trinajstić information content (AvgIpc) is 2.74. The fraction of sp³-hybridized carbons (Fsp3) is 0.571. The van der Waals surface area contributed by atoms with Crippen LogP contribution in [0.25, 0.3) is 11.1 Å². The fourth-order valence-corrected chi connectivity index (χ4v) is 5.93. The summed E-state index contributed by atoms with van der Waals surface area (Å²) in [5.41, 5.74) is 5.60. The third-order valence-electron chi connectivity index (χ3n) is 7.70. The molecule has 1 unspecified atom stereocenters. The molecule has 0 heteroatoms. The van der Waals surface area contributed by atoms with Crippen LogP contribution in [0.4, 0.5) is 0 Å². The molecule has 0 saturated heterocycles. The lowest BCUT2D eigenvalue weighted by Gasteiger charge is -2.42. The standard InChI is InChI=1S/C28H38/c1-3-4-5-6-22-9-12-28-20-27(18-17-26(28)19-22)25-15-13-24(14-16-25)23-10-7-21(2)8-11-23/h7-8,10-11,13-16,22,26-28H,3-6,9,12,17-20H2,1-2H3/t22?,26-,27-,28-/m1/s1. The summed E-state index contributed by atoms with van der Waals surface area (Å²) in [6, 6.07) is 18.4. The van der Waals surface area contributed by atoms with Gasteiger partial charge in [0.15, 0.2) is 0 Å². The zero-order valence-electron chi connectivity index (χ0n) is 18.0. The maximum atomic E-state index is 2.41. The minimum Gasteiger partial charge on any atom is -0.0654 e. The highest BCUT2D eigenvalue weighted by molar-refractivity contribution is 5.64. The van der Waals surface area contributed by atoms with E-state index >= 15 is 0 Å². The molecule has 28 heavy (non-hydrogen) atoms. The summed E-state index contributed by atoms with van der Waals surface area (Å²) in [6.45, 7) is 4.48. The lowest BCUT2D eigenvalue weighted by molar-refractivity contribution is 0.113. The lowest BCUT2D eigenvalue weighted by atomic mass is 9.63. The first-order chi connectivity index (χ1) is 13.7. The van der Waals surface area contributed by atoms with Crippen LogP contribution in [-0.4, -0.2) is 0 Å². The average molecular weight is 375 g/mol. The molecule has 0 heterocycles. The second-order valence-corrected chi connectivity index (χ2v) is 9.69. The van der Waals surface area contributed by atoms with E-state index in [0.29, 0.717) is 0 Å². The van der Waals surface area contributed by atoms with Crippen LogP contribution < -0.4 is 0 Å². The molecular formula is C28H38. The van der Waals surface area contributed by atoms with Gasteiger partial charge < -0.3 is 0 Å². The van der Waals surface area contributed by atoms with Crippen molar-refractivity contribution < 1.29 is 0 Å². The van der Waals surface area contributed by atoms with Crippen molar-refractivity contribution in [2.24, 2.45) is 17.8 Å². The first-order valence-electron chi connectivity index (χ1n) is 11.9. The van der Waals surface area contributed by atoms with Gasteiger partial charge >= 0.3 is 0 Å². The third kappa shape index (κ3) is 4.70. The topological polar surface area (TPSA) is 0 Å². The predicted octanol–water partition coefficient (Wildman–Crippen LogP) is 8.54. The van der Waals surface area contributed by atoms with Gasteiger partial charge in [0.05, 0.1) is 0 Å². The number of unbranched alkanes of at least 4 members (excludes halogenated alkanes) is 2. The molecule has 4 atom stereocenters. The van der Waals surface area contributed by atoms with Gasteiger partial charge in [-0.15, -0.1) is 0 Å². The molecule has 0 bridgehead atoms. The monoisotopic (exact) mass is 374 g/mol. The van der Waals surface area contributed by atoms with Crippen molar-refractivity contribution in [1.29, 1.82) is 0 Å². The largest absolute Gasteiger partial charge is 0.0654 e. The van der Waals surface area contributed by atoms with Gasteiger partial charge in [-0.1, -0.05) is 93.1 Å². The van der Waals surface area contributed by atoms with Gasteiger partial charge in [0, 0.05) is 0 Å². The van der Waals surface area contributed by atoms with Crippen LogP contribution in [0.5, 0.6) is 0 Å². The van der Waals surface area contributed by atoms with Gasteiger partial charge in [-0.05, 0) is 79.4 Å². The Balaban J connectivity index is 1.34. The number of fused-ring (bicyclic) bond motifs is 1. The molecule has 4 rings (SSSR count). The smallest absolute Gasteiger partial charge is 0.0159 e. The normalized spacial score (nSPS) is 27.4. The van der Waals surface area contributed by atoms with Gasteiger partial charge in [-0.3, -0.25) is 0 Å². The molecule has 0 radical (unpaired) electrons. The van der Waals surface area contributed by atoms with Crippen molar-refractivity contribution in [3.05, 3.63) is 59.7 Å². The van der Waals surface area contributed by atoms with E-state index in [1.807, 2.05) is 0 Å². The van der Waals surface area contributed by atoms with Gasteiger partial charge in [-0.25, -0.2) is 0 Å². The Labute approximate surface area is 172 Å². The SMILES string of the molecule is CCCCCC1CC[C@@H]2C[C@H](c3ccc(-c4ccc(C)cc4)cc3)CC[C@@H]2C1. The molecule has 150 valence electrons. The van der Waals surface area contributed by atoms with E-state index in [9.17, 15) is 0 Å². The quantitative estimate of drug-likeness (QED) is 0.444. The second kappa shape index (κ2) is 9.29. The zero-order chi connectivity index (χ0) is 19.3. The van der Waals surface area contributed by atoms with Crippen molar-refractivity contribution in [1.82, 2.24) is 0 Å².